The van der Waals surface area contributed by atoms with E-state index in [-0.39, 0.29) is 18.2 Å². The minimum Gasteiger partial charge on any atom is -0.467 e. The molecule has 0 bridgehead atoms. The highest BCUT2D eigenvalue weighted by Gasteiger charge is 2.35. The van der Waals surface area contributed by atoms with E-state index in [0.717, 1.165) is 0 Å². The Morgan fingerprint density at radius 2 is 2.12 bits per heavy atom. The van der Waals surface area contributed by atoms with Crippen LogP contribution in [-0.2, 0) is 19.1 Å². The second-order valence-electron chi connectivity index (χ2n) is 4.31. The number of rotatable bonds is 3. The normalized spacial score (nSPS) is 20.2. The van der Waals surface area contributed by atoms with Gasteiger partial charge in [0.05, 0.1) is 13.0 Å². The molecule has 6 nitrogen and oxygen atoms in total. The van der Waals surface area contributed by atoms with Crippen LogP contribution in [0.1, 0.15) is 20.3 Å². The van der Waals surface area contributed by atoms with Crippen LogP contribution in [0.2, 0.25) is 0 Å². The van der Waals surface area contributed by atoms with Gasteiger partial charge in [-0.3, -0.25) is 9.59 Å². The first-order valence-electron chi connectivity index (χ1n) is 5.04. The Morgan fingerprint density at radius 1 is 1.50 bits per heavy atom. The van der Waals surface area contributed by atoms with Gasteiger partial charge in [0.25, 0.3) is 0 Å². The van der Waals surface area contributed by atoms with Gasteiger partial charge >= 0.3 is 5.97 Å². The number of nitrogens with one attached hydrogen (secondary N) is 2. The lowest BCUT2D eigenvalue weighted by Crippen LogP contribution is -2.52. The molecular weight excluding hydrogens is 212 g/mol. The van der Waals surface area contributed by atoms with E-state index in [9.17, 15) is 14.4 Å². The molecule has 0 radical (unpaired) electrons. The molecule has 1 fully saturated rings. The van der Waals surface area contributed by atoms with Gasteiger partial charge in [-0.1, -0.05) is 0 Å². The first-order valence-corrected chi connectivity index (χ1v) is 5.04. The quantitative estimate of drug-likeness (QED) is 0.619. The van der Waals surface area contributed by atoms with Crippen molar-refractivity contribution in [2.24, 2.45) is 5.92 Å². The Hall–Kier alpha value is -1.59. The lowest BCUT2D eigenvalue weighted by Gasteiger charge is -2.24. The minimum atomic E-state index is -1.07. The van der Waals surface area contributed by atoms with Crippen molar-refractivity contribution in [3.05, 3.63) is 0 Å². The molecule has 0 aromatic heterocycles. The molecule has 1 rings (SSSR count). The number of hydrogen-bond acceptors (Lipinski definition) is 4. The zero-order chi connectivity index (χ0) is 12.3. The van der Waals surface area contributed by atoms with Crippen LogP contribution in [0, 0.1) is 5.92 Å². The van der Waals surface area contributed by atoms with Crippen LogP contribution in [0.3, 0.4) is 0 Å². The van der Waals surface area contributed by atoms with Crippen LogP contribution in [0.5, 0.6) is 0 Å². The van der Waals surface area contributed by atoms with Crippen molar-refractivity contribution < 1.29 is 19.1 Å². The van der Waals surface area contributed by atoms with Crippen molar-refractivity contribution in [2.75, 3.05) is 13.7 Å². The SMILES string of the molecule is COC(=O)C(C)(C)NC(=O)C1CNC(=O)C1. The molecule has 0 aromatic carbocycles. The third-order valence-corrected chi connectivity index (χ3v) is 2.48. The van der Waals surface area contributed by atoms with Gasteiger partial charge in [-0.2, -0.15) is 0 Å². The maximum atomic E-state index is 11.7. The van der Waals surface area contributed by atoms with Crippen LogP contribution in [0.4, 0.5) is 0 Å². The summed E-state index contributed by atoms with van der Waals surface area (Å²) in [6.07, 6.45) is 0.170. The van der Waals surface area contributed by atoms with Crippen LogP contribution >= 0.6 is 0 Å². The highest BCUT2D eigenvalue weighted by Crippen LogP contribution is 2.12. The smallest absolute Gasteiger partial charge is 0.330 e. The third-order valence-electron chi connectivity index (χ3n) is 2.48. The summed E-state index contributed by atoms with van der Waals surface area (Å²) in [5, 5.41) is 5.13. The summed E-state index contributed by atoms with van der Waals surface area (Å²) in [6.45, 7) is 3.43. The van der Waals surface area contributed by atoms with Crippen molar-refractivity contribution in [1.29, 1.82) is 0 Å². The summed E-state index contributed by atoms with van der Waals surface area (Å²) < 4.78 is 4.56. The molecule has 1 atom stereocenters. The van der Waals surface area contributed by atoms with Crippen molar-refractivity contribution >= 4 is 17.8 Å². The topological polar surface area (TPSA) is 84.5 Å². The largest absolute Gasteiger partial charge is 0.467 e. The second-order valence-corrected chi connectivity index (χ2v) is 4.31. The molecule has 6 heteroatoms. The van der Waals surface area contributed by atoms with Gasteiger partial charge in [0.1, 0.15) is 5.54 Å². The Morgan fingerprint density at radius 3 is 2.56 bits per heavy atom. The molecule has 0 aromatic rings. The van der Waals surface area contributed by atoms with Gasteiger partial charge in [-0.25, -0.2) is 4.79 Å². The number of carbonyl (C=O) groups excluding carboxylic acids is 3. The third kappa shape index (κ3) is 2.71. The molecule has 90 valence electrons. The van der Waals surface area contributed by atoms with Crippen molar-refractivity contribution in [3.8, 4) is 0 Å². The maximum Gasteiger partial charge on any atom is 0.330 e. The van der Waals surface area contributed by atoms with E-state index in [2.05, 4.69) is 15.4 Å². The number of hydrogen-bond donors (Lipinski definition) is 2. The predicted molar refractivity (Wildman–Crippen MR) is 55.4 cm³/mol. The highest BCUT2D eigenvalue weighted by atomic mass is 16.5. The van der Waals surface area contributed by atoms with Crippen LogP contribution < -0.4 is 10.6 Å². The van der Waals surface area contributed by atoms with Gasteiger partial charge in [0.15, 0.2) is 0 Å². The van der Waals surface area contributed by atoms with Gasteiger partial charge < -0.3 is 15.4 Å². The van der Waals surface area contributed by atoms with E-state index in [0.29, 0.717) is 6.54 Å². The standard InChI is InChI=1S/C10H16N2O4/c1-10(2,9(15)16-3)12-8(14)6-4-7(13)11-5-6/h6H,4-5H2,1-3H3,(H,11,13)(H,12,14). The molecule has 1 unspecified atom stereocenters. The monoisotopic (exact) mass is 228 g/mol. The lowest BCUT2D eigenvalue weighted by atomic mass is 10.0. The lowest BCUT2D eigenvalue weighted by molar-refractivity contribution is -0.149. The maximum absolute atomic E-state index is 11.7. The molecule has 0 aliphatic carbocycles. The summed E-state index contributed by atoms with van der Waals surface area (Å²) in [5.41, 5.74) is -1.07. The first-order chi connectivity index (χ1) is 7.36. The molecule has 2 amide bonds. The fraction of sp³-hybridized carbons (Fsp3) is 0.700. The molecule has 1 aliphatic rings. The average Bonchev–Trinajstić information content (AvgIpc) is 2.63. The number of ether oxygens (including phenoxy) is 1. The highest BCUT2D eigenvalue weighted by molar-refractivity contribution is 5.92. The van der Waals surface area contributed by atoms with Crippen molar-refractivity contribution in [2.45, 2.75) is 25.8 Å². The van der Waals surface area contributed by atoms with Crippen LogP contribution in [0.25, 0.3) is 0 Å². The number of amides is 2. The fourth-order valence-electron chi connectivity index (χ4n) is 1.51. The predicted octanol–water partition coefficient (Wildman–Crippen LogP) is -0.810. The van der Waals surface area contributed by atoms with Gasteiger partial charge in [-0.05, 0) is 13.8 Å². The second kappa shape index (κ2) is 4.51. The summed E-state index contributed by atoms with van der Waals surface area (Å²) in [4.78, 5) is 34.0. The number of carbonyl (C=O) groups is 3. The Bertz CT molecular complexity index is 325. The Balaban J connectivity index is 2.57. The molecule has 0 spiro atoms. The summed E-state index contributed by atoms with van der Waals surface area (Å²) >= 11 is 0. The average molecular weight is 228 g/mol. The van der Waals surface area contributed by atoms with Crippen LogP contribution in [-0.4, -0.2) is 37.0 Å². The molecular formula is C10H16N2O4. The number of esters is 1. The van der Waals surface area contributed by atoms with E-state index < -0.39 is 17.4 Å². The van der Waals surface area contributed by atoms with E-state index in [1.54, 1.807) is 13.8 Å². The summed E-state index contributed by atoms with van der Waals surface area (Å²) in [5.74, 6) is -1.38. The molecule has 2 N–H and O–H groups in total. The molecule has 1 heterocycles. The zero-order valence-corrected chi connectivity index (χ0v) is 9.62. The fourth-order valence-corrected chi connectivity index (χ4v) is 1.51. The Labute approximate surface area is 93.7 Å². The zero-order valence-electron chi connectivity index (χ0n) is 9.62. The van der Waals surface area contributed by atoms with Crippen molar-refractivity contribution in [1.82, 2.24) is 10.6 Å². The van der Waals surface area contributed by atoms with E-state index in [1.807, 2.05) is 0 Å². The first kappa shape index (κ1) is 12.5. The summed E-state index contributed by atoms with van der Waals surface area (Å²) in [6, 6.07) is 0. The minimum absolute atomic E-state index is 0.143. The van der Waals surface area contributed by atoms with Gasteiger partial charge in [0, 0.05) is 13.0 Å². The molecule has 16 heavy (non-hydrogen) atoms. The van der Waals surface area contributed by atoms with Gasteiger partial charge in [0.2, 0.25) is 11.8 Å². The molecule has 0 saturated carbocycles. The van der Waals surface area contributed by atoms with Crippen LogP contribution in [0.15, 0.2) is 0 Å². The van der Waals surface area contributed by atoms with E-state index in [4.69, 9.17) is 0 Å². The van der Waals surface area contributed by atoms with E-state index in [1.165, 1.54) is 7.11 Å². The van der Waals surface area contributed by atoms with Gasteiger partial charge in [-0.15, -0.1) is 0 Å². The van der Waals surface area contributed by atoms with E-state index >= 15 is 0 Å². The molecule has 1 saturated heterocycles. The number of methoxy groups -OCH3 is 1. The summed E-state index contributed by atoms with van der Waals surface area (Å²) in [7, 11) is 1.26. The Kier molecular flexibility index (Phi) is 3.51. The van der Waals surface area contributed by atoms with Crippen molar-refractivity contribution in [3.63, 3.8) is 0 Å². The molecule has 1 aliphatic heterocycles.